The zero-order valence-electron chi connectivity index (χ0n) is 17.4. The minimum Gasteiger partial charge on any atom is -0.369 e. The second-order valence-corrected chi connectivity index (χ2v) is 8.81. The molecular formula is C23H26N4O2S. The number of fused-ring (bicyclic) bond motifs is 1. The van der Waals surface area contributed by atoms with E-state index in [4.69, 9.17) is 0 Å². The fourth-order valence-corrected chi connectivity index (χ4v) is 4.68. The van der Waals surface area contributed by atoms with Crippen molar-refractivity contribution in [1.82, 2.24) is 14.8 Å². The molecule has 0 bridgehead atoms. The van der Waals surface area contributed by atoms with Gasteiger partial charge in [-0.1, -0.05) is 12.1 Å². The number of benzene rings is 2. The van der Waals surface area contributed by atoms with Gasteiger partial charge in [-0.15, -0.1) is 11.3 Å². The number of amides is 1. The van der Waals surface area contributed by atoms with Gasteiger partial charge in [0, 0.05) is 44.5 Å². The van der Waals surface area contributed by atoms with Crippen LogP contribution in [-0.4, -0.2) is 66.2 Å². The van der Waals surface area contributed by atoms with Crippen molar-refractivity contribution >= 4 is 38.9 Å². The largest absolute Gasteiger partial charge is 0.369 e. The van der Waals surface area contributed by atoms with Crippen molar-refractivity contribution in [3.63, 3.8) is 0 Å². The molecule has 3 aromatic rings. The van der Waals surface area contributed by atoms with Gasteiger partial charge in [-0.3, -0.25) is 14.5 Å². The first-order chi connectivity index (χ1) is 14.5. The number of para-hydroxylation sites is 1. The minimum absolute atomic E-state index is 0.0832. The summed E-state index contributed by atoms with van der Waals surface area (Å²) < 4.78 is 1.15. The van der Waals surface area contributed by atoms with Gasteiger partial charge in [0.15, 0.2) is 5.78 Å². The number of anilines is 1. The highest BCUT2D eigenvalue weighted by Crippen LogP contribution is 2.22. The molecule has 1 aromatic heterocycles. The molecule has 2 aromatic carbocycles. The van der Waals surface area contributed by atoms with Gasteiger partial charge in [0.2, 0.25) is 5.91 Å². The summed E-state index contributed by atoms with van der Waals surface area (Å²) in [6.45, 7) is 5.98. The monoisotopic (exact) mass is 422 g/mol. The van der Waals surface area contributed by atoms with Gasteiger partial charge >= 0.3 is 0 Å². The Bertz CT molecular complexity index is 1010. The number of carbonyl (C=O) groups is 2. The maximum absolute atomic E-state index is 12.7. The molecule has 30 heavy (non-hydrogen) atoms. The average molecular weight is 423 g/mol. The van der Waals surface area contributed by atoms with Gasteiger partial charge < -0.3 is 9.80 Å². The van der Waals surface area contributed by atoms with Gasteiger partial charge in [0.05, 0.1) is 23.3 Å². The van der Waals surface area contributed by atoms with Crippen molar-refractivity contribution in [3.8, 4) is 0 Å². The molecule has 1 saturated heterocycles. The van der Waals surface area contributed by atoms with Gasteiger partial charge in [0.1, 0.15) is 5.01 Å². The molecular weight excluding hydrogens is 396 g/mol. The Kier molecular flexibility index (Phi) is 6.11. The van der Waals surface area contributed by atoms with Crippen LogP contribution in [0.3, 0.4) is 0 Å². The van der Waals surface area contributed by atoms with Crippen LogP contribution in [0, 0.1) is 0 Å². The molecule has 1 aliphatic rings. The van der Waals surface area contributed by atoms with Crippen molar-refractivity contribution in [3.05, 3.63) is 59.1 Å². The Morgan fingerprint density at radius 3 is 2.40 bits per heavy atom. The Labute approximate surface area is 180 Å². The summed E-state index contributed by atoms with van der Waals surface area (Å²) in [6, 6.07) is 15.8. The molecule has 0 spiro atoms. The fraction of sp³-hybridized carbons (Fsp3) is 0.348. The number of nitrogens with zero attached hydrogens (tertiary/aromatic N) is 4. The molecule has 2 heterocycles. The number of likely N-dealkylation sites (N-methyl/N-ethyl adjacent to an activating group) is 1. The Hall–Kier alpha value is -2.77. The summed E-state index contributed by atoms with van der Waals surface area (Å²) in [7, 11) is 1.85. The number of thiazole rings is 1. The van der Waals surface area contributed by atoms with E-state index < -0.39 is 0 Å². The number of hydrogen-bond acceptors (Lipinski definition) is 6. The molecule has 1 aliphatic heterocycles. The fourth-order valence-electron chi connectivity index (χ4n) is 3.66. The van der Waals surface area contributed by atoms with Crippen LogP contribution in [0.15, 0.2) is 48.5 Å². The molecule has 0 radical (unpaired) electrons. The Morgan fingerprint density at radius 1 is 1.03 bits per heavy atom. The van der Waals surface area contributed by atoms with E-state index in [2.05, 4.69) is 20.9 Å². The molecule has 0 unspecified atom stereocenters. The Balaban J connectivity index is 1.27. The van der Waals surface area contributed by atoms with Crippen LogP contribution in [-0.2, 0) is 11.3 Å². The molecule has 1 fully saturated rings. The number of hydrogen-bond donors (Lipinski definition) is 0. The van der Waals surface area contributed by atoms with Crippen LogP contribution in [0.5, 0.6) is 0 Å². The normalized spacial score (nSPS) is 14.8. The van der Waals surface area contributed by atoms with Gasteiger partial charge in [-0.2, -0.15) is 0 Å². The molecule has 156 valence electrons. The molecule has 0 atom stereocenters. The first kappa shape index (κ1) is 20.5. The first-order valence-corrected chi connectivity index (χ1v) is 11.0. The molecule has 0 aliphatic carbocycles. The second-order valence-electron chi connectivity index (χ2n) is 7.69. The van der Waals surface area contributed by atoms with Crippen molar-refractivity contribution in [2.45, 2.75) is 13.5 Å². The van der Waals surface area contributed by atoms with E-state index in [-0.39, 0.29) is 11.7 Å². The van der Waals surface area contributed by atoms with Crippen molar-refractivity contribution in [2.24, 2.45) is 0 Å². The molecule has 0 saturated carbocycles. The lowest BCUT2D eigenvalue weighted by Gasteiger charge is -2.36. The first-order valence-electron chi connectivity index (χ1n) is 10.2. The predicted molar refractivity (Wildman–Crippen MR) is 121 cm³/mol. The summed E-state index contributed by atoms with van der Waals surface area (Å²) in [5, 5.41) is 0.964. The lowest BCUT2D eigenvalue weighted by Crippen LogP contribution is -2.49. The maximum Gasteiger partial charge on any atom is 0.236 e. The highest BCUT2D eigenvalue weighted by molar-refractivity contribution is 7.18. The van der Waals surface area contributed by atoms with E-state index in [1.807, 2.05) is 49.5 Å². The van der Waals surface area contributed by atoms with Crippen molar-refractivity contribution in [2.75, 3.05) is 44.7 Å². The third kappa shape index (κ3) is 4.68. The summed E-state index contributed by atoms with van der Waals surface area (Å²) in [4.78, 5) is 35.0. The standard InChI is InChI=1S/C23H26N4O2S/c1-17(28)18-7-9-19(10-8-18)27-13-11-26(12-14-27)16-23(29)25(2)15-22-24-20-5-3-4-6-21(20)30-22/h3-10H,11-16H2,1-2H3. The molecule has 6 nitrogen and oxygen atoms in total. The van der Waals surface area contributed by atoms with Crippen LogP contribution in [0.25, 0.3) is 10.2 Å². The third-order valence-corrected chi connectivity index (χ3v) is 6.53. The quantitative estimate of drug-likeness (QED) is 0.571. The van der Waals surface area contributed by atoms with Crippen molar-refractivity contribution < 1.29 is 9.59 Å². The van der Waals surface area contributed by atoms with E-state index in [1.54, 1.807) is 23.2 Å². The zero-order valence-corrected chi connectivity index (χ0v) is 18.2. The smallest absolute Gasteiger partial charge is 0.236 e. The summed E-state index contributed by atoms with van der Waals surface area (Å²) >= 11 is 1.64. The number of Topliss-reactive ketones (excluding diaryl/α,β-unsaturated/α-hetero) is 1. The molecule has 7 heteroatoms. The number of ketones is 1. The number of aromatic nitrogens is 1. The number of carbonyl (C=O) groups excluding carboxylic acids is 2. The molecule has 4 rings (SSSR count). The number of rotatable bonds is 6. The maximum atomic E-state index is 12.7. The average Bonchev–Trinajstić information content (AvgIpc) is 3.16. The highest BCUT2D eigenvalue weighted by Gasteiger charge is 2.21. The SMILES string of the molecule is CC(=O)c1ccc(N2CCN(CC(=O)N(C)Cc3nc4ccccc4s3)CC2)cc1. The topological polar surface area (TPSA) is 56.8 Å². The van der Waals surface area contributed by atoms with E-state index in [0.717, 1.165) is 52.7 Å². The molecule has 1 amide bonds. The second kappa shape index (κ2) is 8.93. The van der Waals surface area contributed by atoms with Gasteiger partial charge in [0.25, 0.3) is 0 Å². The summed E-state index contributed by atoms with van der Waals surface area (Å²) in [5.74, 6) is 0.202. The van der Waals surface area contributed by atoms with Crippen LogP contribution in [0.1, 0.15) is 22.3 Å². The van der Waals surface area contributed by atoms with Crippen LogP contribution < -0.4 is 4.90 Å². The van der Waals surface area contributed by atoms with Crippen LogP contribution in [0.4, 0.5) is 5.69 Å². The Morgan fingerprint density at radius 2 is 1.73 bits per heavy atom. The zero-order chi connectivity index (χ0) is 21.1. The van der Waals surface area contributed by atoms with E-state index in [1.165, 1.54) is 0 Å². The van der Waals surface area contributed by atoms with E-state index in [0.29, 0.717) is 13.1 Å². The van der Waals surface area contributed by atoms with Crippen LogP contribution in [0.2, 0.25) is 0 Å². The predicted octanol–water partition coefficient (Wildman–Crippen LogP) is 3.28. The highest BCUT2D eigenvalue weighted by atomic mass is 32.1. The third-order valence-electron chi connectivity index (χ3n) is 5.51. The summed E-state index contributed by atoms with van der Waals surface area (Å²) in [6.07, 6.45) is 0. The summed E-state index contributed by atoms with van der Waals surface area (Å²) in [5.41, 5.74) is 2.85. The lowest BCUT2D eigenvalue weighted by molar-refractivity contribution is -0.131. The molecule has 0 N–H and O–H groups in total. The van der Waals surface area contributed by atoms with Gasteiger partial charge in [-0.05, 0) is 43.3 Å². The lowest BCUT2D eigenvalue weighted by atomic mass is 10.1. The van der Waals surface area contributed by atoms with E-state index >= 15 is 0 Å². The van der Waals surface area contributed by atoms with Gasteiger partial charge in [-0.25, -0.2) is 4.98 Å². The van der Waals surface area contributed by atoms with Crippen LogP contribution >= 0.6 is 11.3 Å². The number of piperazine rings is 1. The van der Waals surface area contributed by atoms with E-state index in [9.17, 15) is 9.59 Å². The van der Waals surface area contributed by atoms with Crippen molar-refractivity contribution in [1.29, 1.82) is 0 Å². The minimum atomic E-state index is 0.0832.